The number of rotatable bonds is 4. The van der Waals surface area contributed by atoms with Gasteiger partial charge in [0.15, 0.2) is 17.5 Å². The molecule has 0 radical (unpaired) electrons. The number of anilines is 4. The van der Waals surface area contributed by atoms with Crippen molar-refractivity contribution in [3.8, 4) is 11.4 Å². The normalized spacial score (nSPS) is 13.8. The van der Waals surface area contributed by atoms with E-state index in [4.69, 9.17) is 15.5 Å². The Morgan fingerprint density at radius 2 is 1.64 bits per heavy atom. The van der Waals surface area contributed by atoms with Gasteiger partial charge in [-0.15, -0.1) is 0 Å². The predicted molar refractivity (Wildman–Crippen MR) is 132 cm³/mol. The van der Waals surface area contributed by atoms with E-state index >= 15 is 0 Å². The van der Waals surface area contributed by atoms with Gasteiger partial charge in [-0.25, -0.2) is 14.8 Å². The number of aromatic nitrogens is 4. The Labute approximate surface area is 191 Å². The van der Waals surface area contributed by atoms with Crippen LogP contribution in [0.1, 0.15) is 0 Å². The number of carbonyl (C=O) groups excluding carboxylic acids is 1. The van der Waals surface area contributed by atoms with Gasteiger partial charge in [-0.2, -0.15) is 5.10 Å². The van der Waals surface area contributed by atoms with E-state index in [0.717, 1.165) is 35.6 Å². The highest BCUT2D eigenvalue weighted by molar-refractivity contribution is 6.32. The first-order valence-corrected chi connectivity index (χ1v) is 10.7. The zero-order chi connectivity index (χ0) is 22.8. The average Bonchev–Trinajstić information content (AvgIpc) is 3.22. The molecule has 0 bridgehead atoms. The number of urea groups is 1. The van der Waals surface area contributed by atoms with Gasteiger partial charge in [-0.05, 0) is 36.4 Å². The lowest BCUT2D eigenvalue weighted by atomic mass is 9.96. The SMILES string of the molecule is Bc1ccc(NC(=O)Nc2ccc(-c3nc(N4CCOCC4)c4[nH]nc(N)c4n3)cc2)cc1. The quantitative estimate of drug-likeness (QED) is 0.351. The molecule has 33 heavy (non-hydrogen) atoms. The largest absolute Gasteiger partial charge is 0.380 e. The van der Waals surface area contributed by atoms with Crippen molar-refractivity contribution < 1.29 is 9.53 Å². The smallest absolute Gasteiger partial charge is 0.323 e. The molecule has 166 valence electrons. The molecule has 0 unspecified atom stereocenters. The Balaban J connectivity index is 1.37. The number of nitrogens with two attached hydrogens (primary N) is 1. The second-order valence-corrected chi connectivity index (χ2v) is 7.83. The van der Waals surface area contributed by atoms with Gasteiger partial charge in [0.25, 0.3) is 0 Å². The number of aromatic amines is 1. The summed E-state index contributed by atoms with van der Waals surface area (Å²) in [6, 6.07) is 14.6. The number of nitrogens with zero attached hydrogens (tertiary/aromatic N) is 4. The fraction of sp³-hybridized carbons (Fsp3) is 0.182. The fourth-order valence-electron chi connectivity index (χ4n) is 3.67. The van der Waals surface area contributed by atoms with E-state index in [1.807, 2.05) is 56.4 Å². The highest BCUT2D eigenvalue weighted by Crippen LogP contribution is 2.29. The number of nitrogens with one attached hydrogen (secondary N) is 3. The number of ether oxygens (including phenoxy) is 1. The summed E-state index contributed by atoms with van der Waals surface area (Å²) in [6.07, 6.45) is 0. The van der Waals surface area contributed by atoms with E-state index in [1.165, 1.54) is 0 Å². The number of hydrogen-bond donors (Lipinski definition) is 4. The molecule has 1 aliphatic heterocycles. The second-order valence-electron chi connectivity index (χ2n) is 7.83. The Morgan fingerprint density at radius 1 is 1.00 bits per heavy atom. The highest BCUT2D eigenvalue weighted by atomic mass is 16.5. The molecule has 0 atom stereocenters. The maximum absolute atomic E-state index is 12.3. The molecule has 0 spiro atoms. The molecular weight excluding hydrogens is 419 g/mol. The second kappa shape index (κ2) is 8.79. The van der Waals surface area contributed by atoms with Crippen LogP contribution >= 0.6 is 0 Å². The predicted octanol–water partition coefficient (Wildman–Crippen LogP) is 1.34. The molecule has 1 aliphatic rings. The van der Waals surface area contributed by atoms with E-state index in [0.29, 0.717) is 41.6 Å². The molecule has 10 nitrogen and oxygen atoms in total. The zero-order valence-electron chi connectivity index (χ0n) is 18.1. The maximum atomic E-state index is 12.3. The summed E-state index contributed by atoms with van der Waals surface area (Å²) in [7, 11) is 2.00. The van der Waals surface area contributed by atoms with E-state index in [-0.39, 0.29) is 6.03 Å². The van der Waals surface area contributed by atoms with Gasteiger partial charge in [0.05, 0.1) is 13.2 Å². The number of amides is 2. The van der Waals surface area contributed by atoms with Crippen LogP contribution in [0.3, 0.4) is 0 Å². The van der Waals surface area contributed by atoms with Crippen LogP contribution < -0.4 is 26.7 Å². The number of H-pyrrole nitrogens is 1. The van der Waals surface area contributed by atoms with Gasteiger partial charge >= 0.3 is 6.03 Å². The number of morpholine rings is 1. The van der Waals surface area contributed by atoms with Crippen molar-refractivity contribution in [2.45, 2.75) is 0 Å². The summed E-state index contributed by atoms with van der Waals surface area (Å²) in [5.41, 5.74) is 10.7. The summed E-state index contributed by atoms with van der Waals surface area (Å²) in [4.78, 5) is 23.9. The fourth-order valence-corrected chi connectivity index (χ4v) is 3.67. The van der Waals surface area contributed by atoms with Crippen LogP contribution in [-0.4, -0.2) is 60.3 Å². The lowest BCUT2D eigenvalue weighted by molar-refractivity contribution is 0.122. The van der Waals surface area contributed by atoms with Crippen LogP contribution in [0.5, 0.6) is 0 Å². The molecule has 4 aromatic rings. The highest BCUT2D eigenvalue weighted by Gasteiger charge is 2.20. The van der Waals surface area contributed by atoms with Gasteiger partial charge in [0.2, 0.25) is 0 Å². The number of nitrogen functional groups attached to an aromatic ring is 1. The van der Waals surface area contributed by atoms with Gasteiger partial charge in [0.1, 0.15) is 18.9 Å². The van der Waals surface area contributed by atoms with E-state index < -0.39 is 0 Å². The Bertz CT molecular complexity index is 1280. The van der Waals surface area contributed by atoms with Crippen molar-refractivity contribution >= 4 is 53.4 Å². The topological polar surface area (TPSA) is 134 Å². The Morgan fingerprint density at radius 3 is 2.30 bits per heavy atom. The summed E-state index contributed by atoms with van der Waals surface area (Å²) < 4.78 is 5.47. The van der Waals surface area contributed by atoms with Crippen molar-refractivity contribution in [2.75, 3.05) is 47.6 Å². The van der Waals surface area contributed by atoms with Crippen molar-refractivity contribution in [3.63, 3.8) is 0 Å². The average molecular weight is 442 g/mol. The molecule has 2 amide bonds. The molecule has 3 heterocycles. The first kappa shape index (κ1) is 20.8. The summed E-state index contributed by atoms with van der Waals surface area (Å²) >= 11 is 0. The third-order valence-electron chi connectivity index (χ3n) is 5.44. The minimum absolute atomic E-state index is 0.315. The van der Waals surface area contributed by atoms with Crippen molar-refractivity contribution in [3.05, 3.63) is 48.5 Å². The molecule has 5 N–H and O–H groups in total. The van der Waals surface area contributed by atoms with Crippen LogP contribution in [0.2, 0.25) is 0 Å². The van der Waals surface area contributed by atoms with E-state index in [1.54, 1.807) is 0 Å². The minimum atomic E-state index is -0.315. The Hall–Kier alpha value is -4.12. The Kier molecular flexibility index (Phi) is 5.53. The maximum Gasteiger partial charge on any atom is 0.323 e. The third-order valence-corrected chi connectivity index (χ3v) is 5.44. The van der Waals surface area contributed by atoms with Gasteiger partial charge in [0, 0.05) is 30.0 Å². The molecule has 2 aromatic carbocycles. The van der Waals surface area contributed by atoms with Crippen LogP contribution in [0.15, 0.2) is 48.5 Å². The van der Waals surface area contributed by atoms with E-state index in [2.05, 4.69) is 30.7 Å². The van der Waals surface area contributed by atoms with Crippen LogP contribution in [0.25, 0.3) is 22.4 Å². The number of hydrogen-bond acceptors (Lipinski definition) is 7. The molecule has 1 fully saturated rings. The van der Waals surface area contributed by atoms with Gasteiger partial charge < -0.3 is 26.0 Å². The first-order valence-electron chi connectivity index (χ1n) is 10.7. The van der Waals surface area contributed by atoms with Crippen molar-refractivity contribution in [2.24, 2.45) is 0 Å². The third kappa shape index (κ3) is 4.44. The van der Waals surface area contributed by atoms with Crippen molar-refractivity contribution in [1.29, 1.82) is 0 Å². The van der Waals surface area contributed by atoms with Crippen LogP contribution in [0.4, 0.5) is 27.8 Å². The van der Waals surface area contributed by atoms with E-state index in [9.17, 15) is 4.79 Å². The molecular formula is C22H23BN8O2. The molecule has 11 heteroatoms. The van der Waals surface area contributed by atoms with Gasteiger partial charge in [-0.1, -0.05) is 17.6 Å². The van der Waals surface area contributed by atoms with Crippen molar-refractivity contribution in [1.82, 2.24) is 20.2 Å². The lowest BCUT2D eigenvalue weighted by Gasteiger charge is -2.28. The monoisotopic (exact) mass is 442 g/mol. The minimum Gasteiger partial charge on any atom is -0.380 e. The zero-order valence-corrected chi connectivity index (χ0v) is 18.1. The molecule has 0 saturated carbocycles. The van der Waals surface area contributed by atoms with Crippen LogP contribution in [0, 0.1) is 0 Å². The van der Waals surface area contributed by atoms with Crippen LogP contribution in [-0.2, 0) is 4.74 Å². The summed E-state index contributed by atoms with van der Waals surface area (Å²) in [5, 5.41) is 12.7. The molecule has 0 aliphatic carbocycles. The molecule has 1 saturated heterocycles. The number of benzene rings is 2. The molecule has 5 rings (SSSR count). The lowest BCUT2D eigenvalue weighted by Crippen LogP contribution is -2.37. The molecule has 2 aromatic heterocycles. The first-order chi connectivity index (χ1) is 16.1. The summed E-state index contributed by atoms with van der Waals surface area (Å²) in [5.74, 6) is 1.61. The van der Waals surface area contributed by atoms with Gasteiger partial charge in [-0.3, -0.25) is 5.10 Å². The number of carbonyl (C=O) groups is 1. The standard InChI is InChI=1S/C22H23BN8O2/c23-14-3-7-16(8-4-14)26-22(32)25-15-5-1-13(2-6-15)20-27-17-18(29-30-19(17)24)21(28-20)31-9-11-33-12-10-31/h1-8H,9-12,23H2,(H3,24,29,30)(H2,25,26,32). The number of fused-ring (bicyclic) bond motifs is 1. The summed E-state index contributed by atoms with van der Waals surface area (Å²) in [6.45, 7) is 2.72.